The van der Waals surface area contributed by atoms with Crippen molar-refractivity contribution >= 4 is 22.8 Å². The van der Waals surface area contributed by atoms with Gasteiger partial charge in [-0.05, 0) is 48.7 Å². The van der Waals surface area contributed by atoms with E-state index in [2.05, 4.69) is 27.3 Å². The molecule has 0 bridgehead atoms. The number of carbonyl (C=O) groups is 1. The summed E-state index contributed by atoms with van der Waals surface area (Å²) in [4.78, 5) is 22.8. The molecule has 0 saturated carbocycles. The molecule has 1 aliphatic rings. The summed E-state index contributed by atoms with van der Waals surface area (Å²) in [5.74, 6) is 1.94. The number of aromatic nitrogens is 3. The number of hydrogen-bond donors (Lipinski definition) is 1. The van der Waals surface area contributed by atoms with Crippen molar-refractivity contribution in [3.63, 3.8) is 0 Å². The summed E-state index contributed by atoms with van der Waals surface area (Å²) in [5.41, 5.74) is 9.03. The fraction of sp³-hybridized carbons (Fsp3) is 0.192. The van der Waals surface area contributed by atoms with Crippen LogP contribution in [0.5, 0.6) is 11.5 Å². The number of carbonyl (C=O) groups excluding carboxylic acids is 1. The minimum Gasteiger partial charge on any atom is -0.457 e. The summed E-state index contributed by atoms with van der Waals surface area (Å²) in [5, 5.41) is 0.821. The number of hydrogen-bond acceptors (Lipinski definition) is 5. The first-order valence-corrected chi connectivity index (χ1v) is 11.0. The molecule has 3 heterocycles. The normalized spacial score (nSPS) is 16.0. The van der Waals surface area contributed by atoms with E-state index in [1.54, 1.807) is 0 Å². The van der Waals surface area contributed by atoms with Gasteiger partial charge in [-0.1, -0.05) is 36.9 Å². The molecule has 1 amide bonds. The van der Waals surface area contributed by atoms with Crippen molar-refractivity contribution < 1.29 is 9.53 Å². The van der Waals surface area contributed by atoms with Crippen molar-refractivity contribution in [2.75, 3.05) is 18.8 Å². The first-order chi connectivity index (χ1) is 16.1. The molecular formula is C26H25N5O2. The molecule has 1 fully saturated rings. The maximum atomic E-state index is 12.2. The van der Waals surface area contributed by atoms with E-state index in [-0.39, 0.29) is 11.9 Å². The van der Waals surface area contributed by atoms with Crippen molar-refractivity contribution in [2.45, 2.75) is 18.9 Å². The van der Waals surface area contributed by atoms with E-state index < -0.39 is 0 Å². The molecule has 2 N–H and O–H groups in total. The molecule has 0 radical (unpaired) electrons. The highest BCUT2D eigenvalue weighted by molar-refractivity contribution is 6.00. The standard InChI is InChI=1S/C26H25N5O2/c1-2-23(32)30-14-6-7-19(15-30)31-16-22(24-25(27)28-17-29-26(24)31)18-10-12-21(13-11-18)33-20-8-4-3-5-9-20/h2-5,8-13,16-17,19H,1,6-7,14-15H2,(H2,27,28,29). The van der Waals surface area contributed by atoms with Crippen molar-refractivity contribution in [1.29, 1.82) is 0 Å². The number of benzene rings is 2. The van der Waals surface area contributed by atoms with Crippen LogP contribution in [0.2, 0.25) is 0 Å². The van der Waals surface area contributed by atoms with Crippen molar-refractivity contribution in [3.05, 3.63) is 79.8 Å². The topological polar surface area (TPSA) is 86.3 Å². The van der Waals surface area contributed by atoms with Crippen LogP contribution in [0.4, 0.5) is 5.82 Å². The Morgan fingerprint density at radius 3 is 2.61 bits per heavy atom. The monoisotopic (exact) mass is 439 g/mol. The minimum atomic E-state index is -0.0421. The predicted molar refractivity (Wildman–Crippen MR) is 129 cm³/mol. The number of nitrogens with zero attached hydrogens (tertiary/aromatic N) is 4. The van der Waals surface area contributed by atoms with Gasteiger partial charge in [-0.15, -0.1) is 0 Å². The third-order valence-corrected chi connectivity index (χ3v) is 6.06. The Balaban J connectivity index is 1.50. The molecule has 1 unspecified atom stereocenters. The summed E-state index contributed by atoms with van der Waals surface area (Å²) in [6.45, 7) is 4.98. The first kappa shape index (κ1) is 20.8. The minimum absolute atomic E-state index is 0.0421. The fourth-order valence-corrected chi connectivity index (χ4v) is 4.44. The summed E-state index contributed by atoms with van der Waals surface area (Å²) < 4.78 is 8.06. The smallest absolute Gasteiger partial charge is 0.246 e. The first-order valence-electron chi connectivity index (χ1n) is 11.0. The quantitative estimate of drug-likeness (QED) is 0.451. The van der Waals surface area contributed by atoms with Gasteiger partial charge < -0.3 is 19.9 Å². The van der Waals surface area contributed by atoms with Crippen LogP contribution >= 0.6 is 0 Å². The molecule has 2 aromatic heterocycles. The Labute approximate surface area is 192 Å². The Bertz CT molecular complexity index is 1300. The number of piperidine rings is 1. The second-order valence-corrected chi connectivity index (χ2v) is 8.13. The second kappa shape index (κ2) is 8.78. The average Bonchev–Trinajstić information content (AvgIpc) is 3.26. The third kappa shape index (κ3) is 4.05. The number of amides is 1. The van der Waals surface area contributed by atoms with E-state index in [0.717, 1.165) is 53.0 Å². The zero-order chi connectivity index (χ0) is 22.8. The number of ether oxygens (including phenoxy) is 1. The molecule has 5 rings (SSSR count). The summed E-state index contributed by atoms with van der Waals surface area (Å²) in [6.07, 6.45) is 6.82. The maximum Gasteiger partial charge on any atom is 0.246 e. The molecule has 7 heteroatoms. The van der Waals surface area contributed by atoms with Crippen LogP contribution < -0.4 is 10.5 Å². The summed E-state index contributed by atoms with van der Waals surface area (Å²) in [7, 11) is 0. The molecule has 1 aliphatic heterocycles. The van der Waals surface area contributed by atoms with Crippen molar-refractivity contribution in [2.24, 2.45) is 0 Å². The average molecular weight is 440 g/mol. The Kier molecular flexibility index (Phi) is 5.52. The van der Waals surface area contributed by atoms with Gasteiger partial charge in [0.25, 0.3) is 0 Å². The number of para-hydroxylation sites is 1. The summed E-state index contributed by atoms with van der Waals surface area (Å²) in [6, 6.07) is 17.7. The van der Waals surface area contributed by atoms with Crippen LogP contribution in [0.15, 0.2) is 79.8 Å². The van der Waals surface area contributed by atoms with Crippen LogP contribution in [-0.2, 0) is 4.79 Å². The van der Waals surface area contributed by atoms with Gasteiger partial charge in [0.05, 0.1) is 11.4 Å². The Hall–Kier alpha value is -4.13. The fourth-order valence-electron chi connectivity index (χ4n) is 4.44. The third-order valence-electron chi connectivity index (χ3n) is 6.06. The highest BCUT2D eigenvalue weighted by Crippen LogP contribution is 2.37. The van der Waals surface area contributed by atoms with Gasteiger partial charge >= 0.3 is 0 Å². The van der Waals surface area contributed by atoms with Crippen LogP contribution in [0, 0.1) is 0 Å². The molecule has 1 saturated heterocycles. The van der Waals surface area contributed by atoms with E-state index in [4.69, 9.17) is 10.5 Å². The van der Waals surface area contributed by atoms with E-state index in [0.29, 0.717) is 12.4 Å². The van der Waals surface area contributed by atoms with Gasteiger partial charge in [0.15, 0.2) is 0 Å². The van der Waals surface area contributed by atoms with Gasteiger partial charge in [-0.25, -0.2) is 9.97 Å². The van der Waals surface area contributed by atoms with Gasteiger partial charge in [0, 0.05) is 24.8 Å². The molecule has 4 aromatic rings. The molecule has 33 heavy (non-hydrogen) atoms. The van der Waals surface area contributed by atoms with Crippen molar-refractivity contribution in [1.82, 2.24) is 19.4 Å². The molecule has 0 spiro atoms. The van der Waals surface area contributed by atoms with Crippen LogP contribution in [0.3, 0.4) is 0 Å². The second-order valence-electron chi connectivity index (χ2n) is 8.13. The number of likely N-dealkylation sites (tertiary alicyclic amines) is 1. The SMILES string of the molecule is C=CC(=O)N1CCCC(n2cc(-c3ccc(Oc4ccccc4)cc3)c3c(N)ncnc32)C1. The highest BCUT2D eigenvalue weighted by atomic mass is 16.5. The van der Waals surface area contributed by atoms with Crippen LogP contribution in [0.1, 0.15) is 18.9 Å². The van der Waals surface area contributed by atoms with Crippen LogP contribution in [-0.4, -0.2) is 38.4 Å². The number of fused-ring (bicyclic) bond motifs is 1. The Morgan fingerprint density at radius 2 is 1.85 bits per heavy atom. The van der Waals surface area contributed by atoms with E-state index >= 15 is 0 Å². The molecule has 0 aliphatic carbocycles. The van der Waals surface area contributed by atoms with E-state index in [9.17, 15) is 4.79 Å². The number of anilines is 1. The lowest BCUT2D eigenvalue weighted by Crippen LogP contribution is -2.39. The van der Waals surface area contributed by atoms with Gasteiger partial charge in [-0.3, -0.25) is 4.79 Å². The van der Waals surface area contributed by atoms with Crippen LogP contribution in [0.25, 0.3) is 22.2 Å². The largest absolute Gasteiger partial charge is 0.457 e. The molecule has 1 atom stereocenters. The molecule has 7 nitrogen and oxygen atoms in total. The van der Waals surface area contributed by atoms with Gasteiger partial charge in [0.2, 0.25) is 5.91 Å². The molecule has 2 aromatic carbocycles. The zero-order valence-corrected chi connectivity index (χ0v) is 18.2. The van der Waals surface area contributed by atoms with E-state index in [1.807, 2.05) is 59.5 Å². The predicted octanol–water partition coefficient (Wildman–Crippen LogP) is 4.82. The number of nitrogens with two attached hydrogens (primary N) is 1. The molecule has 166 valence electrons. The van der Waals surface area contributed by atoms with Gasteiger partial charge in [-0.2, -0.15) is 0 Å². The van der Waals surface area contributed by atoms with E-state index in [1.165, 1.54) is 12.4 Å². The lowest BCUT2D eigenvalue weighted by molar-refractivity contribution is -0.127. The zero-order valence-electron chi connectivity index (χ0n) is 18.2. The van der Waals surface area contributed by atoms with Crippen molar-refractivity contribution in [3.8, 4) is 22.6 Å². The summed E-state index contributed by atoms with van der Waals surface area (Å²) >= 11 is 0. The molecular weight excluding hydrogens is 414 g/mol. The maximum absolute atomic E-state index is 12.2. The Morgan fingerprint density at radius 1 is 1.09 bits per heavy atom. The lowest BCUT2D eigenvalue weighted by Gasteiger charge is -2.33. The number of rotatable bonds is 5. The highest BCUT2D eigenvalue weighted by Gasteiger charge is 2.26. The number of nitrogen functional groups attached to an aromatic ring is 1. The lowest BCUT2D eigenvalue weighted by atomic mass is 10.1. The van der Waals surface area contributed by atoms with Gasteiger partial charge in [0.1, 0.15) is 29.3 Å².